The zero-order chi connectivity index (χ0) is 14.0. The molecule has 5 nitrogen and oxygen atoms in total. The number of hydrogen-bond donors (Lipinski definition) is 3. The summed E-state index contributed by atoms with van der Waals surface area (Å²) in [6, 6.07) is 6.93. The first-order valence-corrected chi connectivity index (χ1v) is 7.90. The third-order valence-electron chi connectivity index (χ3n) is 3.17. The topological polar surface area (TPSA) is 78.4 Å². The summed E-state index contributed by atoms with van der Waals surface area (Å²) in [5, 5.41) is 10.00. The van der Waals surface area contributed by atoms with Crippen LogP contribution in [0.25, 0.3) is 0 Å². The number of fused-ring (bicyclic) bond motifs is 1. The summed E-state index contributed by atoms with van der Waals surface area (Å²) in [6.07, 6.45) is -0.235. The Balaban J connectivity index is 2.11. The van der Waals surface area contributed by atoms with Crippen molar-refractivity contribution in [1.82, 2.24) is 9.44 Å². The fourth-order valence-electron chi connectivity index (χ4n) is 2.20. The Kier molecular flexibility index (Phi) is 4.25. The molecule has 3 N–H and O–H groups in total. The lowest BCUT2D eigenvalue weighted by Crippen LogP contribution is -2.42. The fraction of sp³-hybridized carbons (Fsp3) is 0.538. The van der Waals surface area contributed by atoms with Gasteiger partial charge in [-0.1, -0.05) is 38.1 Å². The number of rotatable bonds is 5. The molecule has 0 saturated heterocycles. The standard InChI is InChI=1S/C13H20N2O3S/c1-9(2)8-14-19(17,18)15-13-11-6-4-3-5-10(11)7-12(13)16/h3-6,9,12-16H,7-8H2,1-2H3. The largest absolute Gasteiger partial charge is 0.391 e. The molecule has 0 saturated carbocycles. The van der Waals surface area contributed by atoms with Crippen LogP contribution in [0, 0.1) is 5.92 Å². The number of benzene rings is 1. The predicted molar refractivity (Wildman–Crippen MR) is 73.8 cm³/mol. The van der Waals surface area contributed by atoms with Gasteiger partial charge < -0.3 is 5.11 Å². The van der Waals surface area contributed by atoms with E-state index in [-0.39, 0.29) is 5.92 Å². The van der Waals surface area contributed by atoms with E-state index in [0.717, 1.165) is 11.1 Å². The average Bonchev–Trinajstić information content (AvgIpc) is 2.64. The van der Waals surface area contributed by atoms with Crippen LogP contribution in [-0.2, 0) is 16.6 Å². The van der Waals surface area contributed by atoms with Crippen molar-refractivity contribution in [3.05, 3.63) is 35.4 Å². The molecule has 6 heteroatoms. The highest BCUT2D eigenvalue weighted by molar-refractivity contribution is 7.87. The van der Waals surface area contributed by atoms with Gasteiger partial charge in [-0.3, -0.25) is 0 Å². The Hall–Kier alpha value is -0.950. The smallest absolute Gasteiger partial charge is 0.277 e. The van der Waals surface area contributed by atoms with Crippen molar-refractivity contribution >= 4 is 10.2 Å². The van der Waals surface area contributed by atoms with E-state index in [1.54, 1.807) is 0 Å². The second-order valence-electron chi connectivity index (χ2n) is 5.31. The van der Waals surface area contributed by atoms with Gasteiger partial charge in [-0.2, -0.15) is 13.1 Å². The Bertz CT molecular complexity index is 543. The van der Waals surface area contributed by atoms with Crippen LogP contribution < -0.4 is 9.44 Å². The van der Waals surface area contributed by atoms with Crippen LogP contribution in [0.1, 0.15) is 31.0 Å². The van der Waals surface area contributed by atoms with Gasteiger partial charge in [0, 0.05) is 13.0 Å². The van der Waals surface area contributed by atoms with Crippen molar-refractivity contribution < 1.29 is 13.5 Å². The first kappa shape index (κ1) is 14.5. The van der Waals surface area contributed by atoms with Crippen molar-refractivity contribution in [1.29, 1.82) is 0 Å². The quantitative estimate of drug-likeness (QED) is 0.745. The molecule has 1 aromatic rings. The van der Waals surface area contributed by atoms with Crippen molar-refractivity contribution in [2.75, 3.05) is 6.54 Å². The molecule has 1 aliphatic rings. The maximum Gasteiger partial charge on any atom is 0.277 e. The van der Waals surface area contributed by atoms with E-state index in [0.29, 0.717) is 13.0 Å². The van der Waals surface area contributed by atoms with Gasteiger partial charge in [-0.05, 0) is 17.0 Å². The van der Waals surface area contributed by atoms with Crippen LogP contribution in [0.3, 0.4) is 0 Å². The highest BCUT2D eigenvalue weighted by Gasteiger charge is 2.33. The number of aliphatic hydroxyl groups excluding tert-OH is 1. The first-order valence-electron chi connectivity index (χ1n) is 6.42. The second kappa shape index (κ2) is 5.58. The minimum absolute atomic E-state index is 0.234. The van der Waals surface area contributed by atoms with Gasteiger partial charge in [0.15, 0.2) is 0 Å². The van der Waals surface area contributed by atoms with Gasteiger partial charge in [-0.25, -0.2) is 4.72 Å². The summed E-state index contributed by atoms with van der Waals surface area (Å²) in [6.45, 7) is 4.24. The number of hydrogen-bond acceptors (Lipinski definition) is 3. The van der Waals surface area contributed by atoms with Gasteiger partial charge >= 0.3 is 0 Å². The Morgan fingerprint density at radius 1 is 1.37 bits per heavy atom. The van der Waals surface area contributed by atoms with Gasteiger partial charge in [0.05, 0.1) is 12.1 Å². The molecule has 0 aliphatic heterocycles. The molecular weight excluding hydrogens is 264 g/mol. The van der Waals surface area contributed by atoms with Crippen LogP contribution in [0.2, 0.25) is 0 Å². The second-order valence-corrected chi connectivity index (χ2v) is 6.84. The monoisotopic (exact) mass is 284 g/mol. The Morgan fingerprint density at radius 3 is 2.74 bits per heavy atom. The lowest BCUT2D eigenvalue weighted by Gasteiger charge is -2.18. The SMILES string of the molecule is CC(C)CNS(=O)(=O)NC1c2ccccc2CC1O. The van der Waals surface area contributed by atoms with Crippen LogP contribution >= 0.6 is 0 Å². The molecule has 0 fully saturated rings. The van der Waals surface area contributed by atoms with Crippen LogP contribution in [0.15, 0.2) is 24.3 Å². The Labute approximate surface area is 114 Å². The third-order valence-corrected chi connectivity index (χ3v) is 4.28. The summed E-state index contributed by atoms with van der Waals surface area (Å²) < 4.78 is 28.8. The minimum Gasteiger partial charge on any atom is -0.391 e. The van der Waals surface area contributed by atoms with E-state index >= 15 is 0 Å². The summed E-state index contributed by atoms with van der Waals surface area (Å²) in [4.78, 5) is 0. The van der Waals surface area contributed by atoms with Gasteiger partial charge in [0.2, 0.25) is 0 Å². The number of aliphatic hydroxyl groups is 1. The average molecular weight is 284 g/mol. The van der Waals surface area contributed by atoms with Gasteiger partial charge in [0.1, 0.15) is 0 Å². The highest BCUT2D eigenvalue weighted by Crippen LogP contribution is 2.31. The maximum absolute atomic E-state index is 11.9. The molecule has 1 aliphatic carbocycles. The molecule has 1 aromatic carbocycles. The molecule has 0 amide bonds. The van der Waals surface area contributed by atoms with Crippen molar-refractivity contribution in [2.45, 2.75) is 32.4 Å². The molecule has 0 bridgehead atoms. The normalized spacial score (nSPS) is 22.7. The summed E-state index contributed by atoms with van der Waals surface area (Å²) >= 11 is 0. The zero-order valence-corrected chi connectivity index (χ0v) is 11.9. The molecule has 2 unspecified atom stereocenters. The molecule has 0 spiro atoms. The lowest BCUT2D eigenvalue weighted by molar-refractivity contribution is 0.151. The summed E-state index contributed by atoms with van der Waals surface area (Å²) in [5.74, 6) is 0.234. The van der Waals surface area contributed by atoms with Crippen molar-refractivity contribution in [3.63, 3.8) is 0 Å². The van der Waals surface area contributed by atoms with Gasteiger partial charge in [0.25, 0.3) is 10.2 Å². The van der Waals surface area contributed by atoms with E-state index < -0.39 is 22.4 Å². The van der Waals surface area contributed by atoms with Crippen molar-refractivity contribution in [3.8, 4) is 0 Å². The molecule has 0 radical (unpaired) electrons. The van der Waals surface area contributed by atoms with E-state index in [2.05, 4.69) is 9.44 Å². The first-order chi connectivity index (χ1) is 8.89. The predicted octanol–water partition coefficient (Wildman–Crippen LogP) is 0.725. The van der Waals surface area contributed by atoms with Crippen LogP contribution in [0.5, 0.6) is 0 Å². The van der Waals surface area contributed by atoms with E-state index in [1.165, 1.54) is 0 Å². The third kappa shape index (κ3) is 3.54. The zero-order valence-electron chi connectivity index (χ0n) is 11.1. The number of nitrogens with one attached hydrogen (secondary N) is 2. The van der Waals surface area contributed by atoms with Crippen LogP contribution in [-0.4, -0.2) is 26.2 Å². The molecule has 0 aromatic heterocycles. The fourth-order valence-corrected chi connectivity index (χ4v) is 3.46. The summed E-state index contributed by atoms with van der Waals surface area (Å²) in [5.41, 5.74) is 1.84. The molecule has 2 atom stereocenters. The van der Waals surface area contributed by atoms with Crippen molar-refractivity contribution in [2.24, 2.45) is 5.92 Å². The van der Waals surface area contributed by atoms with E-state index in [9.17, 15) is 13.5 Å². The van der Waals surface area contributed by atoms with Gasteiger partial charge in [-0.15, -0.1) is 0 Å². The van der Waals surface area contributed by atoms with Crippen LogP contribution in [0.4, 0.5) is 0 Å². The maximum atomic E-state index is 11.9. The summed E-state index contributed by atoms with van der Waals surface area (Å²) in [7, 11) is -3.60. The molecule has 2 rings (SSSR count). The molecule has 19 heavy (non-hydrogen) atoms. The Morgan fingerprint density at radius 2 is 2.05 bits per heavy atom. The molecule has 106 valence electrons. The lowest BCUT2D eigenvalue weighted by atomic mass is 10.1. The minimum atomic E-state index is -3.60. The highest BCUT2D eigenvalue weighted by atomic mass is 32.2. The van der Waals surface area contributed by atoms with E-state index in [4.69, 9.17) is 0 Å². The molecular formula is C13H20N2O3S. The van der Waals surface area contributed by atoms with E-state index in [1.807, 2.05) is 38.1 Å². The molecule has 0 heterocycles.